The van der Waals surface area contributed by atoms with Crippen molar-refractivity contribution in [3.05, 3.63) is 11.1 Å². The second kappa shape index (κ2) is 5.94. The molecule has 0 atom stereocenters. The standard InChI is InChI=1S/C9H10N3O4S/c1-5(2)15-9(14)16-12-6(3-13)7-4-17-8(10)11-7/h4-5H,1-2H3,(H2,10,11)/b12-6-. The number of aromatic nitrogens is 1. The van der Waals surface area contributed by atoms with Crippen molar-refractivity contribution in [2.24, 2.45) is 5.16 Å². The third kappa shape index (κ3) is 4.19. The Balaban J connectivity index is 2.68. The molecular formula is C9H10N3O4S. The number of hydrogen-bond donors (Lipinski definition) is 1. The van der Waals surface area contributed by atoms with Crippen LogP contribution in [0.5, 0.6) is 0 Å². The first-order valence-electron chi connectivity index (χ1n) is 4.58. The molecule has 7 nitrogen and oxygen atoms in total. The van der Waals surface area contributed by atoms with Crippen LogP contribution in [0.25, 0.3) is 0 Å². The predicted octanol–water partition coefficient (Wildman–Crippen LogP) is 1.10. The van der Waals surface area contributed by atoms with E-state index in [9.17, 15) is 9.59 Å². The summed E-state index contributed by atoms with van der Waals surface area (Å²) in [6.45, 7) is 3.30. The van der Waals surface area contributed by atoms with Crippen molar-refractivity contribution in [3.8, 4) is 0 Å². The van der Waals surface area contributed by atoms with E-state index in [-0.39, 0.29) is 22.6 Å². The van der Waals surface area contributed by atoms with Crippen LogP contribution in [0.2, 0.25) is 0 Å². The summed E-state index contributed by atoms with van der Waals surface area (Å²) in [7, 11) is 0. The maximum Gasteiger partial charge on any atom is 0.535 e. The predicted molar refractivity (Wildman–Crippen MR) is 61.5 cm³/mol. The highest BCUT2D eigenvalue weighted by molar-refractivity contribution is 7.13. The van der Waals surface area contributed by atoms with Gasteiger partial charge in [-0.25, -0.2) is 9.78 Å². The summed E-state index contributed by atoms with van der Waals surface area (Å²) in [4.78, 5) is 29.7. The number of carbonyl (C=O) groups excluding carboxylic acids is 2. The SMILES string of the molecule is CC(C)OC(=O)O/N=C(/[C]=O)c1csc(N)n1. The number of ether oxygens (including phenoxy) is 1. The Hall–Kier alpha value is -1.96. The Kier molecular flexibility index (Phi) is 4.58. The second-order valence-electron chi connectivity index (χ2n) is 3.12. The molecule has 2 N–H and O–H groups in total. The van der Waals surface area contributed by atoms with E-state index in [1.165, 1.54) is 11.7 Å². The fourth-order valence-corrected chi connectivity index (χ4v) is 1.36. The van der Waals surface area contributed by atoms with Gasteiger partial charge in [-0.1, -0.05) is 5.16 Å². The molecule has 0 spiro atoms. The summed E-state index contributed by atoms with van der Waals surface area (Å²) in [6, 6.07) is 0. The third-order valence-electron chi connectivity index (χ3n) is 1.40. The average molecular weight is 256 g/mol. The lowest BCUT2D eigenvalue weighted by atomic mass is 10.3. The van der Waals surface area contributed by atoms with Crippen molar-refractivity contribution in [2.75, 3.05) is 5.73 Å². The van der Waals surface area contributed by atoms with Crippen molar-refractivity contribution in [3.63, 3.8) is 0 Å². The Morgan fingerprint density at radius 3 is 2.82 bits per heavy atom. The molecule has 0 unspecified atom stereocenters. The van der Waals surface area contributed by atoms with E-state index in [1.54, 1.807) is 13.8 Å². The minimum absolute atomic E-state index is 0.194. The molecule has 0 fully saturated rings. The molecule has 0 aromatic carbocycles. The van der Waals surface area contributed by atoms with Crippen LogP contribution in [-0.4, -0.2) is 29.2 Å². The van der Waals surface area contributed by atoms with E-state index >= 15 is 0 Å². The number of oxime groups is 1. The number of nitrogens with two attached hydrogens (primary N) is 1. The molecule has 1 rings (SSSR count). The van der Waals surface area contributed by atoms with Crippen molar-refractivity contribution in [1.29, 1.82) is 0 Å². The summed E-state index contributed by atoms with van der Waals surface area (Å²) in [5, 5.41) is 5.05. The van der Waals surface area contributed by atoms with Crippen LogP contribution in [-0.2, 0) is 14.4 Å². The van der Waals surface area contributed by atoms with Crippen LogP contribution in [0, 0.1) is 0 Å². The van der Waals surface area contributed by atoms with Gasteiger partial charge in [0.05, 0.1) is 6.10 Å². The van der Waals surface area contributed by atoms with E-state index in [0.717, 1.165) is 11.3 Å². The number of hydrogen-bond acceptors (Lipinski definition) is 8. The van der Waals surface area contributed by atoms with Gasteiger partial charge in [0.2, 0.25) is 0 Å². The van der Waals surface area contributed by atoms with Crippen molar-refractivity contribution >= 4 is 34.6 Å². The minimum Gasteiger partial charge on any atom is -0.430 e. The Morgan fingerprint density at radius 2 is 2.35 bits per heavy atom. The average Bonchev–Trinajstić information content (AvgIpc) is 2.65. The molecule has 1 radical (unpaired) electrons. The molecule has 0 saturated heterocycles. The van der Waals surface area contributed by atoms with Crippen LogP contribution in [0.4, 0.5) is 9.93 Å². The number of nitrogen functional groups attached to an aromatic ring is 1. The first-order valence-corrected chi connectivity index (χ1v) is 5.46. The second-order valence-corrected chi connectivity index (χ2v) is 4.01. The summed E-state index contributed by atoms with van der Waals surface area (Å²) in [5.41, 5.74) is 5.33. The molecule has 0 bridgehead atoms. The molecule has 91 valence electrons. The Labute approximate surface area is 101 Å². The fraction of sp³-hybridized carbons (Fsp3) is 0.333. The van der Waals surface area contributed by atoms with Crippen molar-refractivity contribution in [2.45, 2.75) is 20.0 Å². The third-order valence-corrected chi connectivity index (χ3v) is 2.08. The number of nitrogens with zero attached hydrogens (tertiary/aromatic N) is 2. The number of rotatable bonds is 4. The van der Waals surface area contributed by atoms with Gasteiger partial charge in [-0.05, 0) is 13.8 Å². The fourth-order valence-electron chi connectivity index (χ4n) is 0.811. The summed E-state index contributed by atoms with van der Waals surface area (Å²) >= 11 is 1.13. The molecule has 0 aliphatic carbocycles. The molecule has 0 amide bonds. The first kappa shape index (κ1) is 13.1. The number of thiazole rings is 1. The van der Waals surface area contributed by atoms with E-state index in [0.29, 0.717) is 0 Å². The van der Waals surface area contributed by atoms with Crippen LogP contribution in [0.15, 0.2) is 10.5 Å². The Morgan fingerprint density at radius 1 is 1.65 bits per heavy atom. The molecule has 0 aliphatic heterocycles. The first-order chi connectivity index (χ1) is 8.02. The topological polar surface area (TPSA) is 104 Å². The molecule has 1 aromatic rings. The molecule has 17 heavy (non-hydrogen) atoms. The van der Waals surface area contributed by atoms with Crippen LogP contribution in [0.1, 0.15) is 19.5 Å². The number of anilines is 1. The smallest absolute Gasteiger partial charge is 0.430 e. The lowest BCUT2D eigenvalue weighted by molar-refractivity contribution is 0.0364. The highest BCUT2D eigenvalue weighted by atomic mass is 32.1. The van der Waals surface area contributed by atoms with Gasteiger partial charge in [0, 0.05) is 5.38 Å². The van der Waals surface area contributed by atoms with Gasteiger partial charge in [-0.3, -0.25) is 9.63 Å². The lowest BCUT2D eigenvalue weighted by Gasteiger charge is -2.04. The molecule has 0 aliphatic rings. The largest absolute Gasteiger partial charge is 0.535 e. The molecule has 0 saturated carbocycles. The van der Waals surface area contributed by atoms with Gasteiger partial charge in [0.1, 0.15) is 5.69 Å². The van der Waals surface area contributed by atoms with E-state index in [4.69, 9.17) is 5.73 Å². The molecule has 8 heteroatoms. The highest BCUT2D eigenvalue weighted by Gasteiger charge is 2.11. The van der Waals surface area contributed by atoms with Crippen molar-refractivity contribution in [1.82, 2.24) is 4.98 Å². The van der Waals surface area contributed by atoms with E-state index < -0.39 is 6.16 Å². The van der Waals surface area contributed by atoms with Gasteiger partial charge in [0.25, 0.3) is 6.29 Å². The minimum atomic E-state index is -1.00. The zero-order valence-corrected chi connectivity index (χ0v) is 9.98. The normalized spacial score (nSPS) is 11.4. The van der Waals surface area contributed by atoms with Gasteiger partial charge in [0.15, 0.2) is 10.8 Å². The summed E-state index contributed by atoms with van der Waals surface area (Å²) in [5.74, 6) is 0. The summed E-state index contributed by atoms with van der Waals surface area (Å²) in [6.07, 6.45) is 0.156. The zero-order valence-electron chi connectivity index (χ0n) is 9.17. The zero-order chi connectivity index (χ0) is 12.8. The maximum absolute atomic E-state index is 11.0. The monoisotopic (exact) mass is 256 g/mol. The molecule has 1 heterocycles. The van der Waals surface area contributed by atoms with Gasteiger partial charge >= 0.3 is 6.16 Å². The van der Waals surface area contributed by atoms with Gasteiger partial charge in [-0.15, -0.1) is 11.3 Å². The van der Waals surface area contributed by atoms with Crippen LogP contribution >= 0.6 is 11.3 Å². The highest BCUT2D eigenvalue weighted by Crippen LogP contribution is 2.11. The maximum atomic E-state index is 11.0. The van der Waals surface area contributed by atoms with E-state index in [2.05, 4.69) is 19.7 Å². The number of carbonyl (C=O) groups is 1. The quantitative estimate of drug-likeness (QED) is 0.374. The van der Waals surface area contributed by atoms with Crippen molar-refractivity contribution < 1.29 is 19.2 Å². The lowest BCUT2D eigenvalue weighted by Crippen LogP contribution is -2.12. The molecular weight excluding hydrogens is 246 g/mol. The Bertz CT molecular complexity index is 441. The summed E-state index contributed by atoms with van der Waals surface area (Å²) < 4.78 is 4.65. The van der Waals surface area contributed by atoms with Gasteiger partial charge in [-0.2, -0.15) is 0 Å². The van der Waals surface area contributed by atoms with Crippen LogP contribution in [0.3, 0.4) is 0 Å². The molecule has 1 aromatic heterocycles. The van der Waals surface area contributed by atoms with Crippen LogP contribution < -0.4 is 5.73 Å². The van der Waals surface area contributed by atoms with E-state index in [1.807, 2.05) is 0 Å². The van der Waals surface area contributed by atoms with Gasteiger partial charge < -0.3 is 10.5 Å².